The molecule has 3 aromatic carbocycles. The second-order valence-corrected chi connectivity index (χ2v) is 6.39. The largest absolute Gasteiger partial charge is 0.458 e. The molecule has 0 aliphatic carbocycles. The van der Waals surface area contributed by atoms with E-state index in [1.807, 2.05) is 12.1 Å². The number of benzene rings is 3. The molecule has 3 heteroatoms. The fourth-order valence-electron chi connectivity index (χ4n) is 3.68. The maximum absolute atomic E-state index is 6.22. The third kappa shape index (κ3) is 1.77. The van der Waals surface area contributed by atoms with Crippen molar-refractivity contribution >= 4 is 23.1 Å². The maximum atomic E-state index is 6.22. The monoisotopic (exact) mass is 298 g/mol. The number of rotatable bonds is 0. The zero-order valence-corrected chi connectivity index (χ0v) is 13.1. The molecule has 0 saturated carbocycles. The third-order valence-electron chi connectivity index (χ3n) is 4.69. The van der Waals surface area contributed by atoms with Crippen LogP contribution in [0, 0.1) is 13.8 Å². The Morgan fingerprint density at radius 2 is 1.30 bits per heavy atom. The van der Waals surface area contributed by atoms with Gasteiger partial charge in [-0.05, 0) is 60.2 Å². The van der Waals surface area contributed by atoms with Gasteiger partial charge >= 0.3 is 0 Å². The Hall–Kier alpha value is -2.68. The minimum Gasteiger partial charge on any atom is -0.458 e. The Morgan fingerprint density at radius 1 is 0.652 bits per heavy atom. The number of aryl methyl sites for hydroxylation is 2. The SMILES string of the molecule is Cc1ccc2c(c1)Oc1cc(C)cc3c1B2c1ccccc1O3. The highest BCUT2D eigenvalue weighted by Gasteiger charge is 2.39. The Kier molecular flexibility index (Phi) is 2.46. The standard InChI is InChI=1S/C20H15BO2/c1-12-7-8-15-17(9-12)23-19-11-13(2)10-18-20(19)21(15)14-5-3-4-6-16(14)22-18/h3-11H,1-2H3. The lowest BCUT2D eigenvalue weighted by Gasteiger charge is -2.33. The Morgan fingerprint density at radius 3 is 2.13 bits per heavy atom. The summed E-state index contributed by atoms with van der Waals surface area (Å²) < 4.78 is 12.4. The molecular weight excluding hydrogens is 283 g/mol. The minimum absolute atomic E-state index is 0.176. The molecule has 2 aliphatic heterocycles. The van der Waals surface area contributed by atoms with Crippen molar-refractivity contribution in [2.24, 2.45) is 0 Å². The average molecular weight is 298 g/mol. The van der Waals surface area contributed by atoms with Crippen LogP contribution in [0.3, 0.4) is 0 Å². The van der Waals surface area contributed by atoms with E-state index in [9.17, 15) is 0 Å². The van der Waals surface area contributed by atoms with E-state index in [1.54, 1.807) is 0 Å². The number of hydrogen-bond acceptors (Lipinski definition) is 2. The van der Waals surface area contributed by atoms with E-state index in [0.717, 1.165) is 34.0 Å². The van der Waals surface area contributed by atoms with Gasteiger partial charge in [0.05, 0.1) is 0 Å². The van der Waals surface area contributed by atoms with E-state index in [-0.39, 0.29) is 6.71 Å². The summed E-state index contributed by atoms with van der Waals surface area (Å²) in [7, 11) is 0. The first-order valence-corrected chi connectivity index (χ1v) is 7.90. The quantitative estimate of drug-likeness (QED) is 0.409. The van der Waals surface area contributed by atoms with E-state index in [1.165, 1.54) is 16.5 Å². The highest BCUT2D eigenvalue weighted by molar-refractivity contribution is 6.98. The summed E-state index contributed by atoms with van der Waals surface area (Å²) >= 11 is 0. The van der Waals surface area contributed by atoms with Crippen LogP contribution in [0.25, 0.3) is 0 Å². The zero-order chi connectivity index (χ0) is 15.6. The van der Waals surface area contributed by atoms with E-state index < -0.39 is 0 Å². The van der Waals surface area contributed by atoms with Gasteiger partial charge in [-0.25, -0.2) is 0 Å². The first kappa shape index (κ1) is 12.8. The molecule has 2 aliphatic rings. The predicted octanol–water partition coefficient (Wildman–Crippen LogP) is 3.03. The summed E-state index contributed by atoms with van der Waals surface area (Å²) in [4.78, 5) is 0. The molecule has 23 heavy (non-hydrogen) atoms. The van der Waals surface area contributed by atoms with Crippen molar-refractivity contribution < 1.29 is 9.47 Å². The van der Waals surface area contributed by atoms with Crippen LogP contribution in [0.4, 0.5) is 0 Å². The molecule has 0 N–H and O–H groups in total. The zero-order valence-electron chi connectivity index (χ0n) is 13.1. The first-order chi connectivity index (χ1) is 11.2. The van der Waals surface area contributed by atoms with Gasteiger partial charge < -0.3 is 9.47 Å². The lowest BCUT2D eigenvalue weighted by Crippen LogP contribution is -2.57. The number of hydrogen-bond donors (Lipinski definition) is 0. The second-order valence-electron chi connectivity index (χ2n) is 6.39. The molecule has 0 bridgehead atoms. The van der Waals surface area contributed by atoms with Gasteiger partial charge in [-0.15, -0.1) is 0 Å². The van der Waals surface area contributed by atoms with Gasteiger partial charge in [0.15, 0.2) is 0 Å². The van der Waals surface area contributed by atoms with E-state index in [0.29, 0.717) is 0 Å². The molecule has 0 amide bonds. The second kappa shape index (κ2) is 4.42. The van der Waals surface area contributed by atoms with Crippen LogP contribution in [0.2, 0.25) is 0 Å². The summed E-state index contributed by atoms with van der Waals surface area (Å²) in [5.74, 6) is 3.72. The lowest BCUT2D eigenvalue weighted by atomic mass is 9.35. The molecule has 0 spiro atoms. The molecule has 0 unspecified atom stereocenters. The molecule has 2 heterocycles. The van der Waals surface area contributed by atoms with E-state index in [4.69, 9.17) is 9.47 Å². The minimum atomic E-state index is 0.176. The molecule has 3 aromatic rings. The van der Waals surface area contributed by atoms with Crippen molar-refractivity contribution in [2.45, 2.75) is 13.8 Å². The molecule has 5 rings (SSSR count). The van der Waals surface area contributed by atoms with Crippen LogP contribution in [-0.4, -0.2) is 6.71 Å². The summed E-state index contributed by atoms with van der Waals surface area (Å²) in [6.07, 6.45) is 0. The van der Waals surface area contributed by atoms with Gasteiger partial charge in [0.25, 0.3) is 6.71 Å². The first-order valence-electron chi connectivity index (χ1n) is 7.90. The van der Waals surface area contributed by atoms with Crippen LogP contribution >= 0.6 is 0 Å². The van der Waals surface area contributed by atoms with Gasteiger partial charge in [0.1, 0.15) is 23.0 Å². The smallest absolute Gasteiger partial charge is 0.260 e. The molecule has 0 fully saturated rings. The maximum Gasteiger partial charge on any atom is 0.260 e. The number of ether oxygens (including phenoxy) is 2. The van der Waals surface area contributed by atoms with Crippen molar-refractivity contribution in [3.8, 4) is 23.0 Å². The Bertz CT molecular complexity index is 962. The van der Waals surface area contributed by atoms with Crippen LogP contribution in [0.1, 0.15) is 11.1 Å². The van der Waals surface area contributed by atoms with Crippen molar-refractivity contribution in [2.75, 3.05) is 0 Å². The summed E-state index contributed by atoms with van der Waals surface area (Å²) in [6.45, 7) is 4.35. The fraction of sp³-hybridized carbons (Fsp3) is 0.100. The van der Waals surface area contributed by atoms with Gasteiger partial charge in [0.2, 0.25) is 0 Å². The number of fused-ring (bicyclic) bond motifs is 4. The van der Waals surface area contributed by atoms with E-state index >= 15 is 0 Å². The molecule has 0 aromatic heterocycles. The van der Waals surface area contributed by atoms with Gasteiger partial charge in [-0.2, -0.15) is 0 Å². The average Bonchev–Trinajstić information content (AvgIpc) is 2.53. The van der Waals surface area contributed by atoms with Crippen molar-refractivity contribution in [3.05, 3.63) is 65.7 Å². The van der Waals surface area contributed by atoms with Gasteiger partial charge in [-0.3, -0.25) is 0 Å². The van der Waals surface area contributed by atoms with Crippen LogP contribution in [-0.2, 0) is 0 Å². The molecule has 2 nitrogen and oxygen atoms in total. The number of para-hydroxylation sites is 1. The molecule has 110 valence electrons. The van der Waals surface area contributed by atoms with Crippen LogP contribution in [0.15, 0.2) is 54.6 Å². The fourth-order valence-corrected chi connectivity index (χ4v) is 3.68. The topological polar surface area (TPSA) is 18.5 Å². The van der Waals surface area contributed by atoms with Crippen molar-refractivity contribution in [3.63, 3.8) is 0 Å². The summed E-state index contributed by atoms with van der Waals surface area (Å²) in [6, 6.07) is 19.0. The summed E-state index contributed by atoms with van der Waals surface area (Å²) in [5, 5.41) is 0. The molecule has 0 saturated heterocycles. The molecule has 0 atom stereocenters. The van der Waals surface area contributed by atoms with Crippen LogP contribution < -0.4 is 25.9 Å². The highest BCUT2D eigenvalue weighted by atomic mass is 16.5. The Labute approximate surface area is 135 Å². The normalized spacial score (nSPS) is 13.4. The van der Waals surface area contributed by atoms with Gasteiger partial charge in [0, 0.05) is 5.46 Å². The lowest BCUT2D eigenvalue weighted by molar-refractivity contribution is 0.463. The van der Waals surface area contributed by atoms with Gasteiger partial charge in [-0.1, -0.05) is 30.3 Å². The predicted molar refractivity (Wildman–Crippen MR) is 93.6 cm³/mol. The van der Waals surface area contributed by atoms with Crippen molar-refractivity contribution in [1.82, 2.24) is 0 Å². The molecular formula is C20H15BO2. The van der Waals surface area contributed by atoms with E-state index in [2.05, 4.69) is 56.3 Å². The van der Waals surface area contributed by atoms with Crippen LogP contribution in [0.5, 0.6) is 23.0 Å². The summed E-state index contributed by atoms with van der Waals surface area (Å²) in [5.41, 5.74) is 5.92. The van der Waals surface area contributed by atoms with Crippen molar-refractivity contribution in [1.29, 1.82) is 0 Å². The Balaban J connectivity index is 1.86. The molecule has 0 radical (unpaired) electrons. The third-order valence-corrected chi connectivity index (χ3v) is 4.69. The highest BCUT2D eigenvalue weighted by Crippen LogP contribution is 2.35.